The highest BCUT2D eigenvalue weighted by atomic mass is 32.1. The number of hydrazine groups is 1. The van der Waals surface area contributed by atoms with Gasteiger partial charge in [0.2, 0.25) is 5.91 Å². The first-order valence-corrected chi connectivity index (χ1v) is 13.5. The first kappa shape index (κ1) is 27.6. The summed E-state index contributed by atoms with van der Waals surface area (Å²) in [5.74, 6) is -0.650. The Morgan fingerprint density at radius 2 is 1.87 bits per heavy atom. The molecule has 1 aliphatic rings. The molecule has 0 saturated carbocycles. The lowest BCUT2D eigenvalue weighted by molar-refractivity contribution is -0.151. The molecule has 0 aliphatic carbocycles. The molecule has 2 heterocycles. The van der Waals surface area contributed by atoms with E-state index in [-0.39, 0.29) is 30.7 Å². The largest absolute Gasteiger partial charge is 0.376 e. The van der Waals surface area contributed by atoms with Crippen LogP contribution in [0.15, 0.2) is 36.4 Å². The second kappa shape index (κ2) is 12.4. The summed E-state index contributed by atoms with van der Waals surface area (Å²) in [6.45, 7) is 8.66. The number of amides is 2. The van der Waals surface area contributed by atoms with Crippen LogP contribution in [0.2, 0.25) is 0 Å². The fraction of sp³-hybridized carbons (Fsp3) is 0.407. The molecule has 0 fully saturated rings. The highest BCUT2D eigenvalue weighted by Gasteiger charge is 2.27. The van der Waals surface area contributed by atoms with E-state index in [9.17, 15) is 14.0 Å². The van der Waals surface area contributed by atoms with Gasteiger partial charge in [-0.3, -0.25) is 14.6 Å². The number of fused-ring (bicyclic) bond motifs is 1. The van der Waals surface area contributed by atoms with E-state index in [0.29, 0.717) is 26.2 Å². The average molecular weight is 540 g/mol. The van der Waals surface area contributed by atoms with Crippen molar-refractivity contribution in [2.24, 2.45) is 0 Å². The van der Waals surface area contributed by atoms with Crippen molar-refractivity contribution in [3.05, 3.63) is 63.9 Å². The van der Waals surface area contributed by atoms with Crippen LogP contribution in [-0.4, -0.2) is 76.7 Å². The van der Waals surface area contributed by atoms with Crippen LogP contribution >= 0.6 is 11.3 Å². The summed E-state index contributed by atoms with van der Waals surface area (Å²) in [4.78, 5) is 27.9. The van der Waals surface area contributed by atoms with Crippen LogP contribution in [-0.2, 0) is 22.7 Å². The van der Waals surface area contributed by atoms with Gasteiger partial charge in [-0.05, 0) is 67.4 Å². The number of aryl methyl sites for hydroxylation is 2. The van der Waals surface area contributed by atoms with Gasteiger partial charge in [-0.1, -0.05) is 24.3 Å². The van der Waals surface area contributed by atoms with Gasteiger partial charge in [0, 0.05) is 44.5 Å². The number of carbonyl (C=O) groups is 2. The predicted octanol–water partition coefficient (Wildman–Crippen LogP) is 3.20. The highest BCUT2D eigenvalue weighted by molar-refractivity contribution is 7.14. The molecule has 38 heavy (non-hydrogen) atoms. The van der Waals surface area contributed by atoms with Gasteiger partial charge in [0.1, 0.15) is 22.4 Å². The summed E-state index contributed by atoms with van der Waals surface area (Å²) in [6, 6.07) is 10.6. The van der Waals surface area contributed by atoms with E-state index in [1.165, 1.54) is 28.5 Å². The molecular formula is C27H34FN7O2S. The van der Waals surface area contributed by atoms with Crippen LogP contribution in [0, 0.1) is 19.7 Å². The molecule has 202 valence electrons. The third kappa shape index (κ3) is 6.72. The SMILES string of the molecule is CCNCCN(CC(=O)N(C)N1Cc2ccc(F)cc2C1)C(=O)CNc1ccc(-c2nnc(C)s2)cc1C. The molecule has 1 aliphatic heterocycles. The van der Waals surface area contributed by atoms with E-state index >= 15 is 0 Å². The zero-order chi connectivity index (χ0) is 27.2. The number of likely N-dealkylation sites (N-methyl/N-ethyl adjacent to an activating group) is 2. The number of hydrogen-bond acceptors (Lipinski definition) is 8. The van der Waals surface area contributed by atoms with Crippen molar-refractivity contribution < 1.29 is 14.0 Å². The normalized spacial score (nSPS) is 12.9. The van der Waals surface area contributed by atoms with Gasteiger partial charge in [0.25, 0.3) is 5.91 Å². The minimum Gasteiger partial charge on any atom is -0.376 e. The molecule has 0 spiro atoms. The molecule has 11 heteroatoms. The Labute approximate surface area is 226 Å². The van der Waals surface area contributed by atoms with E-state index in [0.717, 1.165) is 44.5 Å². The van der Waals surface area contributed by atoms with Gasteiger partial charge in [-0.2, -0.15) is 0 Å². The molecule has 3 aromatic rings. The summed E-state index contributed by atoms with van der Waals surface area (Å²) >= 11 is 1.54. The predicted molar refractivity (Wildman–Crippen MR) is 147 cm³/mol. The van der Waals surface area contributed by atoms with E-state index in [1.54, 1.807) is 18.0 Å². The van der Waals surface area contributed by atoms with Crippen molar-refractivity contribution in [2.75, 3.05) is 45.1 Å². The number of anilines is 1. The first-order chi connectivity index (χ1) is 18.2. The summed E-state index contributed by atoms with van der Waals surface area (Å²) in [6.07, 6.45) is 0. The Morgan fingerprint density at radius 1 is 1.08 bits per heavy atom. The lowest BCUT2D eigenvalue weighted by Gasteiger charge is -2.31. The van der Waals surface area contributed by atoms with Gasteiger partial charge >= 0.3 is 0 Å². The Bertz CT molecular complexity index is 1300. The number of nitrogens with zero attached hydrogens (tertiary/aromatic N) is 5. The van der Waals surface area contributed by atoms with Crippen molar-refractivity contribution in [3.63, 3.8) is 0 Å². The Hall–Kier alpha value is -3.41. The maximum atomic E-state index is 13.6. The van der Waals surface area contributed by atoms with Crippen molar-refractivity contribution >= 4 is 28.8 Å². The number of rotatable bonds is 11. The lowest BCUT2D eigenvalue weighted by Crippen LogP contribution is -2.49. The minimum atomic E-state index is -0.285. The molecule has 0 bridgehead atoms. The molecule has 2 amide bonds. The lowest BCUT2D eigenvalue weighted by atomic mass is 10.1. The number of hydrogen-bond donors (Lipinski definition) is 2. The highest BCUT2D eigenvalue weighted by Crippen LogP contribution is 2.27. The molecule has 0 radical (unpaired) electrons. The molecular weight excluding hydrogens is 505 g/mol. The molecule has 1 aromatic heterocycles. The number of halogens is 1. The summed E-state index contributed by atoms with van der Waals surface area (Å²) in [5.41, 5.74) is 4.69. The van der Waals surface area contributed by atoms with E-state index < -0.39 is 0 Å². The molecule has 2 aromatic carbocycles. The Balaban J connectivity index is 1.37. The Morgan fingerprint density at radius 3 is 2.58 bits per heavy atom. The van der Waals surface area contributed by atoms with Crippen molar-refractivity contribution in [2.45, 2.75) is 33.9 Å². The molecule has 4 rings (SSSR count). The van der Waals surface area contributed by atoms with Crippen LogP contribution in [0.5, 0.6) is 0 Å². The van der Waals surface area contributed by atoms with Crippen molar-refractivity contribution in [1.29, 1.82) is 0 Å². The summed E-state index contributed by atoms with van der Waals surface area (Å²) in [5, 5.41) is 19.9. The number of nitrogens with one attached hydrogen (secondary N) is 2. The van der Waals surface area contributed by atoms with Crippen LogP contribution in [0.25, 0.3) is 10.6 Å². The minimum absolute atomic E-state index is 0.0437. The average Bonchev–Trinajstić information content (AvgIpc) is 3.52. The summed E-state index contributed by atoms with van der Waals surface area (Å²) < 4.78 is 13.6. The second-order valence-electron chi connectivity index (χ2n) is 9.33. The van der Waals surface area contributed by atoms with Gasteiger partial charge in [0.15, 0.2) is 0 Å². The van der Waals surface area contributed by atoms with Crippen LogP contribution < -0.4 is 10.6 Å². The van der Waals surface area contributed by atoms with Gasteiger partial charge in [-0.15, -0.1) is 10.2 Å². The number of carbonyl (C=O) groups excluding carboxylic acids is 2. The van der Waals surface area contributed by atoms with Crippen LogP contribution in [0.1, 0.15) is 28.6 Å². The molecule has 0 atom stereocenters. The zero-order valence-corrected chi connectivity index (χ0v) is 23.1. The maximum Gasteiger partial charge on any atom is 0.256 e. The smallest absolute Gasteiger partial charge is 0.256 e. The Kier molecular flexibility index (Phi) is 9.03. The van der Waals surface area contributed by atoms with Gasteiger partial charge in [0.05, 0.1) is 6.54 Å². The molecule has 2 N–H and O–H groups in total. The number of benzene rings is 2. The third-order valence-corrected chi connectivity index (χ3v) is 7.46. The maximum absolute atomic E-state index is 13.6. The topological polar surface area (TPSA) is 93.7 Å². The summed E-state index contributed by atoms with van der Waals surface area (Å²) in [7, 11) is 1.69. The molecule has 0 saturated heterocycles. The standard InChI is InChI=1S/C27H34FN7O2S/c1-5-29-10-11-34(17-26(37)33(4)35-15-21-6-8-23(28)13-22(21)16-35)25(36)14-30-24-9-7-20(12-18(24)2)27-32-31-19(3)38-27/h6-9,12-13,29-30H,5,10-11,14-17H2,1-4H3. The van der Waals surface area contributed by atoms with Crippen LogP contribution in [0.4, 0.5) is 10.1 Å². The van der Waals surface area contributed by atoms with E-state index in [1.807, 2.05) is 44.0 Å². The molecule has 0 unspecified atom stereocenters. The molecule has 9 nitrogen and oxygen atoms in total. The monoisotopic (exact) mass is 539 g/mol. The fourth-order valence-electron chi connectivity index (χ4n) is 4.35. The quantitative estimate of drug-likeness (QED) is 0.362. The second-order valence-corrected chi connectivity index (χ2v) is 10.5. The van der Waals surface area contributed by atoms with E-state index in [4.69, 9.17) is 0 Å². The van der Waals surface area contributed by atoms with E-state index in [2.05, 4.69) is 20.8 Å². The first-order valence-electron chi connectivity index (χ1n) is 12.7. The third-order valence-electron chi connectivity index (χ3n) is 6.58. The van der Waals surface area contributed by atoms with Gasteiger partial charge in [-0.25, -0.2) is 9.40 Å². The number of aromatic nitrogens is 2. The van der Waals surface area contributed by atoms with Crippen LogP contribution in [0.3, 0.4) is 0 Å². The fourth-order valence-corrected chi connectivity index (χ4v) is 5.04. The van der Waals surface area contributed by atoms with Crippen molar-refractivity contribution in [3.8, 4) is 10.6 Å². The van der Waals surface area contributed by atoms with Crippen molar-refractivity contribution in [1.82, 2.24) is 30.4 Å². The zero-order valence-electron chi connectivity index (χ0n) is 22.3. The van der Waals surface area contributed by atoms with Gasteiger partial charge < -0.3 is 15.5 Å².